The molecule has 0 radical (unpaired) electrons. The Hall–Kier alpha value is -3.11. The fourth-order valence-corrected chi connectivity index (χ4v) is 7.26. The SMILES string of the molecule is CC1=CC(=O)c2ccccc2C1=O.Cc1c(O)c2ccccc2c2nc(NCCCN3CCOCC3)sc12.Cl.Cl.NC(=S)NCCCN1CCOCC1.[Cl-]. The minimum Gasteiger partial charge on any atom is -1.00 e. The molecule has 1 aromatic heterocycles. The first-order chi connectivity index (χ1) is 24.7. The van der Waals surface area contributed by atoms with Crippen LogP contribution in [0.4, 0.5) is 5.13 Å². The molecule has 0 unspecified atom stereocenters. The number of aromatic nitrogens is 1. The highest BCUT2D eigenvalue weighted by molar-refractivity contribution is 7.80. The molecule has 2 aliphatic heterocycles. The van der Waals surface area contributed by atoms with Crippen LogP contribution in [0.5, 0.6) is 5.75 Å². The Bertz CT molecular complexity index is 1870. The minimum absolute atomic E-state index is 0. The van der Waals surface area contributed by atoms with Gasteiger partial charge in [0.2, 0.25) is 0 Å². The molecule has 11 nitrogen and oxygen atoms in total. The number of nitrogens with two attached hydrogens (primary N) is 1. The number of anilines is 1. The number of carbonyl (C=O) groups excluding carboxylic acids is 2. The average molecular weight is 841 g/mol. The van der Waals surface area contributed by atoms with E-state index in [-0.39, 0.29) is 48.8 Å². The van der Waals surface area contributed by atoms with Gasteiger partial charge >= 0.3 is 0 Å². The van der Waals surface area contributed by atoms with E-state index in [4.69, 9.17) is 32.4 Å². The van der Waals surface area contributed by atoms with Crippen LogP contribution in [-0.2, 0) is 9.47 Å². The molecule has 1 aliphatic carbocycles. The number of rotatable bonds is 9. The zero-order valence-corrected chi connectivity index (χ0v) is 34.6. The Morgan fingerprint density at radius 2 is 1.41 bits per heavy atom. The van der Waals surface area contributed by atoms with Crippen LogP contribution in [0, 0.1) is 6.92 Å². The van der Waals surface area contributed by atoms with Crippen LogP contribution in [0.3, 0.4) is 0 Å². The van der Waals surface area contributed by atoms with E-state index < -0.39 is 0 Å². The van der Waals surface area contributed by atoms with Crippen LogP contribution in [0.15, 0.2) is 60.2 Å². The molecule has 0 atom stereocenters. The molecule has 2 saturated heterocycles. The number of phenols is 1. The lowest BCUT2D eigenvalue weighted by Crippen LogP contribution is -3.00. The van der Waals surface area contributed by atoms with E-state index in [0.29, 0.717) is 27.6 Å². The quantitative estimate of drug-likeness (QED) is 0.146. The Kier molecular flexibility index (Phi) is 20.7. The number of hydrogen-bond donors (Lipinski definition) is 4. The van der Waals surface area contributed by atoms with Gasteiger partial charge < -0.3 is 43.4 Å². The molecule has 0 amide bonds. The monoisotopic (exact) mass is 839 g/mol. The van der Waals surface area contributed by atoms with Crippen molar-refractivity contribution in [2.24, 2.45) is 5.73 Å². The largest absolute Gasteiger partial charge is 1.00 e. The first kappa shape index (κ1) is 47.0. The van der Waals surface area contributed by atoms with Gasteiger partial charge in [0.15, 0.2) is 21.8 Å². The highest BCUT2D eigenvalue weighted by Crippen LogP contribution is 2.40. The first-order valence-corrected chi connectivity index (χ1v) is 18.7. The number of Topliss-reactive ketones (excluding diaryl/α,β-unsaturated/α-hetero) is 1. The summed E-state index contributed by atoms with van der Waals surface area (Å²) in [6, 6.07) is 14.8. The third-order valence-corrected chi connectivity index (χ3v) is 10.3. The number of thiazole rings is 1. The molecular weight excluding hydrogens is 791 g/mol. The number of thiocarbonyl (C=S) groups is 1. The van der Waals surface area contributed by atoms with Gasteiger partial charge in [0, 0.05) is 72.3 Å². The van der Waals surface area contributed by atoms with Crippen LogP contribution < -0.4 is 28.8 Å². The predicted octanol–water partition coefficient (Wildman–Crippen LogP) is 3.00. The third kappa shape index (κ3) is 13.0. The summed E-state index contributed by atoms with van der Waals surface area (Å²) < 4.78 is 11.7. The standard InChI is InChI=1S/C19H23N3O2S.C11H8O2.C8H17N3OS.3ClH/c1-13-17(23)15-6-3-2-5-14(15)16-18(13)25-19(21-16)20-7-4-8-22-9-11-24-12-10-22;1-7-6-10(12)8-4-2-3-5-9(8)11(7)13;9-8(13)10-2-1-3-11-4-6-12-7-5-11;;;/h2-3,5-6,23H,4,7-12H2,1H3,(H,20,21);2-6H,1H3;1-7H2,(H3,9,10,13);3*1H/p-1. The number of carbonyl (C=O) groups is 2. The minimum atomic E-state index is -0.0762. The number of nitrogens with one attached hydrogen (secondary N) is 2. The van der Waals surface area contributed by atoms with Gasteiger partial charge in [0.1, 0.15) is 5.75 Å². The van der Waals surface area contributed by atoms with Crippen LogP contribution in [0.2, 0.25) is 0 Å². The van der Waals surface area contributed by atoms with E-state index in [9.17, 15) is 14.7 Å². The molecule has 3 heterocycles. The van der Waals surface area contributed by atoms with Crippen LogP contribution in [0.1, 0.15) is 46.0 Å². The summed E-state index contributed by atoms with van der Waals surface area (Å²) in [5, 5.41) is 20.1. The maximum Gasteiger partial charge on any atom is 0.189 e. The summed E-state index contributed by atoms with van der Waals surface area (Å²) in [6.07, 6.45) is 3.56. The number of benzene rings is 3. The summed E-state index contributed by atoms with van der Waals surface area (Å²) in [7, 11) is 0. The van der Waals surface area contributed by atoms with E-state index in [1.54, 1.807) is 42.5 Å². The van der Waals surface area contributed by atoms with Gasteiger partial charge in [-0.25, -0.2) is 4.98 Å². The molecule has 5 N–H and O–H groups in total. The first-order valence-electron chi connectivity index (χ1n) is 17.5. The van der Waals surface area contributed by atoms with E-state index in [1.165, 1.54) is 6.08 Å². The zero-order chi connectivity index (χ0) is 36.2. The number of morpholine rings is 2. The number of hydrogen-bond acceptors (Lipinski definition) is 11. The number of aromatic hydroxyl groups is 1. The number of ether oxygens (including phenoxy) is 2. The van der Waals surface area contributed by atoms with Crippen molar-refractivity contribution in [3.63, 3.8) is 0 Å². The van der Waals surface area contributed by atoms with Crippen molar-refractivity contribution in [3.8, 4) is 5.75 Å². The highest BCUT2D eigenvalue weighted by Gasteiger charge is 2.22. The second-order valence-corrected chi connectivity index (χ2v) is 14.1. The van der Waals surface area contributed by atoms with Crippen molar-refractivity contribution in [2.45, 2.75) is 26.7 Å². The van der Waals surface area contributed by atoms with Crippen molar-refractivity contribution in [1.29, 1.82) is 0 Å². The molecule has 0 bridgehead atoms. The lowest BCUT2D eigenvalue weighted by atomic mass is 9.90. The molecule has 7 rings (SSSR count). The molecule has 3 aliphatic rings. The summed E-state index contributed by atoms with van der Waals surface area (Å²) in [5.74, 6) is 0.244. The van der Waals surface area contributed by atoms with Crippen molar-refractivity contribution in [3.05, 3.63) is 76.9 Å². The Balaban J connectivity index is 0.000000298. The fraction of sp³-hybridized carbons (Fsp3) is 0.421. The van der Waals surface area contributed by atoms with Gasteiger partial charge in [-0.3, -0.25) is 19.4 Å². The van der Waals surface area contributed by atoms with Gasteiger partial charge in [-0.1, -0.05) is 59.9 Å². The highest BCUT2D eigenvalue weighted by atomic mass is 35.5. The van der Waals surface area contributed by atoms with Crippen molar-refractivity contribution in [1.82, 2.24) is 20.1 Å². The van der Waals surface area contributed by atoms with Gasteiger partial charge in [-0.2, -0.15) is 0 Å². The van der Waals surface area contributed by atoms with Crippen LogP contribution >= 0.6 is 48.4 Å². The second kappa shape index (κ2) is 23.7. The number of aryl methyl sites for hydroxylation is 1. The number of allylic oxidation sites excluding steroid dienone is 2. The number of halogens is 3. The Morgan fingerprint density at radius 1 is 0.870 bits per heavy atom. The molecule has 16 heteroatoms. The summed E-state index contributed by atoms with van der Waals surface area (Å²) >= 11 is 6.32. The lowest BCUT2D eigenvalue weighted by Gasteiger charge is -2.26. The average Bonchev–Trinajstić information content (AvgIpc) is 3.59. The lowest BCUT2D eigenvalue weighted by molar-refractivity contribution is -0.0000283. The maximum absolute atomic E-state index is 11.5. The predicted molar refractivity (Wildman–Crippen MR) is 224 cm³/mol. The number of fused-ring (bicyclic) bond motifs is 4. The molecule has 0 spiro atoms. The summed E-state index contributed by atoms with van der Waals surface area (Å²) in [5.41, 5.74) is 8.74. The van der Waals surface area contributed by atoms with Crippen molar-refractivity contribution < 1.29 is 36.6 Å². The summed E-state index contributed by atoms with van der Waals surface area (Å²) in [6.45, 7) is 15.2. The van der Waals surface area contributed by atoms with Gasteiger partial charge in [0.25, 0.3) is 0 Å². The van der Waals surface area contributed by atoms with Crippen LogP contribution in [0.25, 0.3) is 21.0 Å². The van der Waals surface area contributed by atoms with Crippen molar-refractivity contribution in [2.75, 3.05) is 84.1 Å². The molecule has 54 heavy (non-hydrogen) atoms. The molecular formula is C38H50Cl3N6O5S2-. The van der Waals surface area contributed by atoms with E-state index in [1.807, 2.05) is 31.2 Å². The van der Waals surface area contributed by atoms with Crippen molar-refractivity contribution >= 4 is 91.2 Å². The van der Waals surface area contributed by atoms with E-state index >= 15 is 0 Å². The number of phenolic OH excluding ortho intramolecular Hbond substituents is 1. The third-order valence-electron chi connectivity index (χ3n) is 8.99. The number of ketones is 2. The maximum atomic E-state index is 11.5. The molecule has 0 saturated carbocycles. The van der Waals surface area contributed by atoms with E-state index in [2.05, 4.69) is 20.4 Å². The van der Waals surface area contributed by atoms with Gasteiger partial charge in [0.05, 0.1) is 36.6 Å². The summed E-state index contributed by atoms with van der Waals surface area (Å²) in [4.78, 5) is 32.6. The van der Waals surface area contributed by atoms with Crippen LogP contribution in [-0.4, -0.2) is 115 Å². The molecule has 296 valence electrons. The van der Waals surface area contributed by atoms with Gasteiger partial charge in [-0.15, -0.1) is 24.8 Å². The smallest absolute Gasteiger partial charge is 0.189 e. The molecule has 4 aromatic rings. The molecule has 3 aromatic carbocycles. The van der Waals surface area contributed by atoms with Gasteiger partial charge in [-0.05, 0) is 58.1 Å². The topological polar surface area (TPSA) is 142 Å². The molecule has 2 fully saturated rings. The number of nitrogens with zero attached hydrogens (tertiary/aromatic N) is 3. The Labute approximate surface area is 345 Å². The van der Waals surface area contributed by atoms with E-state index in [0.717, 1.165) is 123 Å². The fourth-order valence-electron chi connectivity index (χ4n) is 6.15. The Morgan fingerprint density at radius 3 is 2.00 bits per heavy atom. The zero-order valence-electron chi connectivity index (χ0n) is 30.6. The second-order valence-electron chi connectivity index (χ2n) is 12.6. The normalized spacial score (nSPS) is 15.5.